The van der Waals surface area contributed by atoms with E-state index in [4.69, 9.17) is 9.97 Å². The summed E-state index contributed by atoms with van der Waals surface area (Å²) in [4.78, 5) is 48.5. The predicted molar refractivity (Wildman–Crippen MR) is 238 cm³/mol. The fourth-order valence-corrected chi connectivity index (χ4v) is 8.40. The van der Waals surface area contributed by atoms with Crippen molar-refractivity contribution < 1.29 is 9.59 Å². The molecule has 0 aliphatic carbocycles. The molecule has 0 radical (unpaired) electrons. The van der Waals surface area contributed by atoms with Crippen molar-refractivity contribution in [2.75, 3.05) is 33.2 Å². The van der Waals surface area contributed by atoms with Crippen LogP contribution in [-0.2, 0) is 0 Å². The molecule has 300 valence electrons. The molecular weight excluding hydrogens is 707 g/mol. The fourth-order valence-electron chi connectivity index (χ4n) is 8.40. The maximum atomic E-state index is 14.1. The first-order valence-electron chi connectivity index (χ1n) is 21.0. The summed E-state index contributed by atoms with van der Waals surface area (Å²) < 4.78 is 0. The van der Waals surface area contributed by atoms with E-state index in [1.54, 1.807) is 0 Å². The number of aromatic nitrogens is 4. The lowest BCUT2D eigenvalue weighted by atomic mass is 9.83. The van der Waals surface area contributed by atoms with Gasteiger partial charge in [0.1, 0.15) is 0 Å². The molecule has 2 aliphatic rings. The van der Waals surface area contributed by atoms with Crippen LogP contribution < -0.4 is 5.32 Å². The van der Waals surface area contributed by atoms with E-state index >= 15 is 0 Å². The number of aromatic amines is 2. The summed E-state index contributed by atoms with van der Waals surface area (Å²) in [6.07, 6.45) is 15.1. The number of carbonyl (C=O) groups is 2. The molecule has 5 heterocycles. The number of aryl methyl sites for hydroxylation is 3. The SMILES string of the molecule is CCCC(CC)C(CCC)CN(C)CCCN(C(=O)NCC)C(=O)c1ccc(-c2c3nc(c(C)c4ccc([nH]4)c(C)c4nc(c(C)c5ccc2[nH]5)C=C4)C=C3)cc1. The van der Waals surface area contributed by atoms with Gasteiger partial charge < -0.3 is 20.2 Å². The normalized spacial score (nSPS) is 13.3. The van der Waals surface area contributed by atoms with Crippen LogP contribution in [0, 0.1) is 32.6 Å². The zero-order valence-corrected chi connectivity index (χ0v) is 35.3. The zero-order valence-electron chi connectivity index (χ0n) is 35.3. The van der Waals surface area contributed by atoms with Crippen molar-refractivity contribution in [3.05, 3.63) is 93.6 Å². The maximum Gasteiger partial charge on any atom is 0.324 e. The van der Waals surface area contributed by atoms with E-state index in [0.717, 1.165) is 91.7 Å². The number of rotatable bonds is 15. The third-order valence-electron chi connectivity index (χ3n) is 11.8. The van der Waals surface area contributed by atoms with E-state index in [9.17, 15) is 9.59 Å². The van der Waals surface area contributed by atoms with Crippen molar-refractivity contribution in [3.63, 3.8) is 0 Å². The van der Waals surface area contributed by atoms with Gasteiger partial charge in [0, 0.05) is 52.8 Å². The minimum Gasteiger partial charge on any atom is -0.355 e. The molecule has 9 nitrogen and oxygen atoms in total. The molecule has 2 unspecified atom stereocenters. The van der Waals surface area contributed by atoms with Crippen molar-refractivity contribution in [2.45, 2.75) is 87.0 Å². The van der Waals surface area contributed by atoms with Gasteiger partial charge in [-0.2, -0.15) is 0 Å². The first kappa shape index (κ1) is 41.4. The molecule has 57 heavy (non-hydrogen) atoms. The molecule has 4 aromatic rings. The van der Waals surface area contributed by atoms with Crippen molar-refractivity contribution in [1.82, 2.24) is 35.1 Å². The third kappa shape index (κ3) is 9.31. The highest BCUT2D eigenvalue weighted by Gasteiger charge is 2.24. The summed E-state index contributed by atoms with van der Waals surface area (Å²) in [5.41, 5.74) is 12.9. The number of hydrogen-bond donors (Lipinski definition) is 3. The Kier molecular flexibility index (Phi) is 13.6. The highest BCUT2D eigenvalue weighted by Crippen LogP contribution is 2.32. The summed E-state index contributed by atoms with van der Waals surface area (Å²) in [7, 11) is 2.17. The summed E-state index contributed by atoms with van der Waals surface area (Å²) in [6, 6.07) is 15.6. The van der Waals surface area contributed by atoms with Gasteiger partial charge in [-0.15, -0.1) is 0 Å². The van der Waals surface area contributed by atoms with Gasteiger partial charge in [-0.1, -0.05) is 58.6 Å². The molecular formula is C48H61N7O2. The van der Waals surface area contributed by atoms with Crippen LogP contribution >= 0.6 is 0 Å². The smallest absolute Gasteiger partial charge is 0.324 e. The molecule has 3 amide bonds. The molecule has 9 heteroatoms. The Labute approximate surface area is 338 Å². The summed E-state index contributed by atoms with van der Waals surface area (Å²) >= 11 is 0. The molecule has 3 N–H and O–H groups in total. The van der Waals surface area contributed by atoms with E-state index in [1.807, 2.05) is 31.2 Å². The molecule has 2 atom stereocenters. The largest absolute Gasteiger partial charge is 0.355 e. The maximum absolute atomic E-state index is 14.1. The Morgan fingerprint density at radius 1 is 0.667 bits per heavy atom. The Morgan fingerprint density at radius 2 is 1.18 bits per heavy atom. The summed E-state index contributed by atoms with van der Waals surface area (Å²) in [6.45, 7) is 17.6. The number of fused-ring (bicyclic) bond motifs is 8. The van der Waals surface area contributed by atoms with E-state index in [2.05, 4.69) is 117 Å². The Balaban J connectivity index is 1.31. The number of urea groups is 1. The molecule has 0 spiro atoms. The first-order chi connectivity index (χ1) is 27.6. The monoisotopic (exact) mass is 767 g/mol. The quantitative estimate of drug-likeness (QED) is 0.0964. The van der Waals surface area contributed by atoms with Gasteiger partial charge in [-0.25, -0.2) is 14.8 Å². The van der Waals surface area contributed by atoms with Crippen LogP contribution in [0.1, 0.15) is 116 Å². The number of H-pyrrole nitrogens is 2. The minimum atomic E-state index is -0.363. The van der Waals surface area contributed by atoms with Crippen LogP contribution in [0.5, 0.6) is 0 Å². The molecule has 0 fully saturated rings. The van der Waals surface area contributed by atoms with Gasteiger partial charge >= 0.3 is 6.03 Å². The van der Waals surface area contributed by atoms with Crippen LogP contribution in [0.25, 0.3) is 57.5 Å². The van der Waals surface area contributed by atoms with Gasteiger partial charge in [0.25, 0.3) is 5.91 Å². The second-order valence-corrected chi connectivity index (χ2v) is 15.7. The number of amides is 3. The highest BCUT2D eigenvalue weighted by molar-refractivity contribution is 6.04. The lowest BCUT2D eigenvalue weighted by molar-refractivity contribution is 0.0793. The lowest BCUT2D eigenvalue weighted by Gasteiger charge is -2.30. The molecule has 6 rings (SSSR count). The number of benzene rings is 1. The topological polar surface area (TPSA) is 110 Å². The molecule has 1 aromatic carbocycles. The first-order valence-corrected chi connectivity index (χ1v) is 21.0. The average Bonchev–Trinajstić information content (AvgIpc) is 4.06. The van der Waals surface area contributed by atoms with Gasteiger partial charge in [-0.05, 0) is 149 Å². The van der Waals surface area contributed by atoms with Crippen LogP contribution in [0.15, 0.2) is 48.5 Å². The highest BCUT2D eigenvalue weighted by atomic mass is 16.2. The van der Waals surface area contributed by atoms with Crippen LogP contribution in [0.3, 0.4) is 0 Å². The zero-order chi connectivity index (χ0) is 40.6. The van der Waals surface area contributed by atoms with E-state index in [0.29, 0.717) is 31.0 Å². The fraction of sp³-hybridized carbons (Fsp3) is 0.417. The minimum absolute atomic E-state index is 0.304. The average molecular weight is 768 g/mol. The Morgan fingerprint density at radius 3 is 1.72 bits per heavy atom. The number of nitrogens with one attached hydrogen (secondary N) is 3. The molecule has 2 aliphatic heterocycles. The standard InChI is InChI=1S/C48H61N7O2/c1-9-14-34(11-3)37(15-10-2)30-54(8)28-13-29-55(48(57)49-12-4)47(56)36-18-16-35(17-19-36)46-44-26-24-42(52-44)32(6)40-22-20-38(50-40)31(5)39-21-23-41(51-39)33(7)43-25-27-45(46)53-43/h16-27,34,37,50,53H,9-15,28-30H2,1-8H3,(H,49,57). The van der Waals surface area contributed by atoms with E-state index in [-0.39, 0.29) is 11.9 Å². The van der Waals surface area contributed by atoms with Gasteiger partial charge in [-0.3, -0.25) is 9.69 Å². The number of hydrogen-bond acceptors (Lipinski definition) is 5. The van der Waals surface area contributed by atoms with Gasteiger partial charge in [0.15, 0.2) is 0 Å². The second kappa shape index (κ2) is 18.8. The Bertz CT molecular complexity index is 2300. The van der Waals surface area contributed by atoms with E-state index in [1.165, 1.54) is 37.0 Å². The van der Waals surface area contributed by atoms with Crippen LogP contribution in [-0.4, -0.2) is 74.9 Å². The van der Waals surface area contributed by atoms with E-state index < -0.39 is 0 Å². The molecule has 3 aromatic heterocycles. The van der Waals surface area contributed by atoms with Crippen LogP contribution in [0.2, 0.25) is 0 Å². The van der Waals surface area contributed by atoms with Crippen molar-refractivity contribution in [2.24, 2.45) is 11.8 Å². The summed E-state index contributed by atoms with van der Waals surface area (Å²) in [5.74, 6) is 1.09. The van der Waals surface area contributed by atoms with Crippen molar-refractivity contribution in [1.29, 1.82) is 0 Å². The molecule has 8 bridgehead atoms. The van der Waals surface area contributed by atoms with Crippen molar-refractivity contribution >= 4 is 58.3 Å². The van der Waals surface area contributed by atoms with Gasteiger partial charge in [0.05, 0.1) is 22.8 Å². The van der Waals surface area contributed by atoms with Crippen molar-refractivity contribution in [3.8, 4) is 11.1 Å². The Hall–Kier alpha value is -5.28. The molecule has 0 saturated carbocycles. The molecule has 0 saturated heterocycles. The third-order valence-corrected chi connectivity index (χ3v) is 11.8. The predicted octanol–water partition coefficient (Wildman–Crippen LogP) is 11.0. The summed E-state index contributed by atoms with van der Waals surface area (Å²) in [5, 5.41) is 2.87. The number of imide groups is 1. The lowest BCUT2D eigenvalue weighted by Crippen LogP contribution is -2.45. The van der Waals surface area contributed by atoms with Gasteiger partial charge in [0.2, 0.25) is 0 Å². The van der Waals surface area contributed by atoms with Crippen LogP contribution in [0.4, 0.5) is 4.79 Å². The second-order valence-electron chi connectivity index (χ2n) is 15.7. The number of carbonyl (C=O) groups excluding carboxylic acids is 2. The number of nitrogens with zero attached hydrogens (tertiary/aromatic N) is 4.